The first-order valence-corrected chi connectivity index (χ1v) is 10.6. The van der Waals surface area contributed by atoms with Crippen LogP contribution in [0.2, 0.25) is 0 Å². The van der Waals surface area contributed by atoms with Gasteiger partial charge in [0.15, 0.2) is 0 Å². The van der Waals surface area contributed by atoms with Crippen molar-refractivity contribution in [3.8, 4) is 6.07 Å². The fourth-order valence-electron chi connectivity index (χ4n) is 4.59. The first-order chi connectivity index (χ1) is 14.7. The second-order valence-corrected chi connectivity index (χ2v) is 8.09. The van der Waals surface area contributed by atoms with E-state index in [4.69, 9.17) is 0 Å². The summed E-state index contributed by atoms with van der Waals surface area (Å²) in [5.74, 6) is 2.53. The average Bonchev–Trinajstić information content (AvgIpc) is 3.46. The molecule has 0 amide bonds. The van der Waals surface area contributed by atoms with Gasteiger partial charge in [-0.25, -0.2) is 9.97 Å². The maximum absolute atomic E-state index is 12.9. The van der Waals surface area contributed by atoms with Gasteiger partial charge in [0.05, 0.1) is 6.20 Å². The molecule has 1 saturated carbocycles. The number of imidazole rings is 1. The summed E-state index contributed by atoms with van der Waals surface area (Å²) >= 11 is 0. The van der Waals surface area contributed by atoms with E-state index in [1.54, 1.807) is 23.0 Å². The van der Waals surface area contributed by atoms with Crippen molar-refractivity contribution in [2.45, 2.75) is 50.5 Å². The summed E-state index contributed by atoms with van der Waals surface area (Å²) in [7, 11) is 0. The second-order valence-electron chi connectivity index (χ2n) is 8.09. The summed E-state index contributed by atoms with van der Waals surface area (Å²) in [5, 5.41) is 16.6. The van der Waals surface area contributed by atoms with Gasteiger partial charge in [-0.1, -0.05) is 12.8 Å². The first kappa shape index (κ1) is 18.8. The molecule has 3 aromatic heterocycles. The number of piperidine rings is 1. The van der Waals surface area contributed by atoms with Crippen LogP contribution < -0.4 is 16.2 Å². The minimum Gasteiger partial charge on any atom is -0.328 e. The highest BCUT2D eigenvalue weighted by atomic mass is 16.1. The Morgan fingerprint density at radius 1 is 1.13 bits per heavy atom. The van der Waals surface area contributed by atoms with E-state index in [2.05, 4.69) is 30.6 Å². The predicted molar refractivity (Wildman–Crippen MR) is 113 cm³/mol. The predicted octanol–water partition coefficient (Wildman–Crippen LogP) is 2.71. The third kappa shape index (κ3) is 3.44. The van der Waals surface area contributed by atoms with Crippen LogP contribution in [0.25, 0.3) is 11.0 Å². The Balaban J connectivity index is 1.49. The fourth-order valence-corrected chi connectivity index (χ4v) is 4.59. The largest absolute Gasteiger partial charge is 0.328 e. The van der Waals surface area contributed by atoms with Crippen molar-refractivity contribution in [1.29, 1.82) is 5.26 Å². The van der Waals surface area contributed by atoms with Crippen LogP contribution in [0.1, 0.15) is 61.9 Å². The molecule has 5 rings (SSSR count). The maximum atomic E-state index is 12.9. The van der Waals surface area contributed by atoms with Crippen LogP contribution in [-0.4, -0.2) is 37.6 Å². The number of rotatable bonds is 4. The van der Waals surface area contributed by atoms with Crippen molar-refractivity contribution >= 4 is 22.8 Å². The number of hydrogen-bond donors (Lipinski definition) is 3. The number of fused-ring (bicyclic) bond motifs is 1. The quantitative estimate of drug-likeness (QED) is 0.610. The number of nitrogens with one attached hydrogen (secondary N) is 3. The van der Waals surface area contributed by atoms with E-state index in [0.29, 0.717) is 22.9 Å². The molecular formula is C21H24N8O. The molecule has 2 fully saturated rings. The molecule has 9 heteroatoms. The molecule has 2 aliphatic rings. The number of H-pyrrole nitrogens is 1. The summed E-state index contributed by atoms with van der Waals surface area (Å²) in [5.41, 5.74) is 0.441. The van der Waals surface area contributed by atoms with Crippen molar-refractivity contribution in [1.82, 2.24) is 29.8 Å². The van der Waals surface area contributed by atoms with Gasteiger partial charge in [0.2, 0.25) is 5.95 Å². The highest BCUT2D eigenvalue weighted by molar-refractivity contribution is 5.77. The molecule has 1 aliphatic heterocycles. The van der Waals surface area contributed by atoms with Gasteiger partial charge in [-0.05, 0) is 44.8 Å². The van der Waals surface area contributed by atoms with E-state index < -0.39 is 0 Å². The Bertz CT molecular complexity index is 1160. The third-order valence-electron chi connectivity index (χ3n) is 6.15. The number of nitriles is 1. The summed E-state index contributed by atoms with van der Waals surface area (Å²) in [6, 6.07) is 3.68. The van der Waals surface area contributed by atoms with Gasteiger partial charge in [-0.2, -0.15) is 10.2 Å². The molecule has 0 spiro atoms. The lowest BCUT2D eigenvalue weighted by molar-refractivity contribution is 0.447. The molecule has 1 saturated heterocycles. The van der Waals surface area contributed by atoms with Crippen LogP contribution in [0.15, 0.2) is 23.3 Å². The molecule has 4 heterocycles. The number of nitrogens with zero attached hydrogens (tertiary/aromatic N) is 5. The molecular weight excluding hydrogens is 380 g/mol. The van der Waals surface area contributed by atoms with Gasteiger partial charge in [0.1, 0.15) is 28.9 Å². The Kier molecular flexibility index (Phi) is 4.93. The molecule has 0 bridgehead atoms. The fraction of sp³-hybridized carbons (Fsp3) is 0.476. The van der Waals surface area contributed by atoms with Crippen LogP contribution in [-0.2, 0) is 0 Å². The van der Waals surface area contributed by atoms with E-state index in [1.165, 1.54) is 0 Å². The van der Waals surface area contributed by atoms with E-state index >= 15 is 0 Å². The van der Waals surface area contributed by atoms with Gasteiger partial charge in [0, 0.05) is 23.5 Å². The topological polar surface area (TPSA) is 124 Å². The summed E-state index contributed by atoms with van der Waals surface area (Å²) in [4.78, 5) is 29.8. The number of hydrogen-bond acceptors (Lipinski definition) is 7. The van der Waals surface area contributed by atoms with Gasteiger partial charge < -0.3 is 15.6 Å². The molecule has 0 radical (unpaired) electrons. The molecule has 3 N–H and O–H groups in total. The molecule has 30 heavy (non-hydrogen) atoms. The zero-order valence-electron chi connectivity index (χ0n) is 16.7. The van der Waals surface area contributed by atoms with E-state index in [1.807, 2.05) is 6.07 Å². The smallest absolute Gasteiger partial charge is 0.270 e. The Morgan fingerprint density at radius 2 is 1.93 bits per heavy atom. The Hall–Kier alpha value is -3.25. The summed E-state index contributed by atoms with van der Waals surface area (Å²) in [6.07, 6.45) is 9.57. The van der Waals surface area contributed by atoms with Crippen molar-refractivity contribution < 1.29 is 0 Å². The molecule has 3 aromatic rings. The van der Waals surface area contributed by atoms with Gasteiger partial charge in [0.25, 0.3) is 5.56 Å². The lowest BCUT2D eigenvalue weighted by Crippen LogP contribution is -2.27. The molecule has 1 aliphatic carbocycles. The van der Waals surface area contributed by atoms with Gasteiger partial charge in [-0.3, -0.25) is 9.36 Å². The number of pyridine rings is 1. The summed E-state index contributed by atoms with van der Waals surface area (Å²) < 4.78 is 1.70. The SMILES string of the molecule is N#Cc1cc2cnc(Nc3cnc(C4CCNCC4)[nH]3)nc2n(C2CCCC2)c1=O. The van der Waals surface area contributed by atoms with Crippen molar-refractivity contribution in [3.05, 3.63) is 40.2 Å². The van der Waals surface area contributed by atoms with Crippen LogP contribution in [0.4, 0.5) is 11.8 Å². The first-order valence-electron chi connectivity index (χ1n) is 10.6. The van der Waals surface area contributed by atoms with Crippen molar-refractivity contribution in [2.75, 3.05) is 18.4 Å². The van der Waals surface area contributed by atoms with E-state index in [0.717, 1.165) is 63.3 Å². The zero-order chi connectivity index (χ0) is 20.5. The minimum atomic E-state index is -0.267. The van der Waals surface area contributed by atoms with Crippen molar-refractivity contribution in [3.63, 3.8) is 0 Å². The molecule has 0 unspecified atom stereocenters. The van der Waals surface area contributed by atoms with E-state index in [-0.39, 0.29) is 17.2 Å². The molecule has 154 valence electrons. The third-order valence-corrected chi connectivity index (χ3v) is 6.15. The molecule has 9 nitrogen and oxygen atoms in total. The monoisotopic (exact) mass is 404 g/mol. The number of aromatic amines is 1. The number of anilines is 2. The highest BCUT2D eigenvalue weighted by Gasteiger charge is 2.23. The zero-order valence-corrected chi connectivity index (χ0v) is 16.7. The normalized spacial score (nSPS) is 18.0. The molecule has 0 atom stereocenters. The average molecular weight is 404 g/mol. The second kappa shape index (κ2) is 7.88. The van der Waals surface area contributed by atoms with Gasteiger partial charge in [-0.15, -0.1) is 0 Å². The maximum Gasteiger partial charge on any atom is 0.270 e. The van der Waals surface area contributed by atoms with E-state index in [9.17, 15) is 10.1 Å². The minimum absolute atomic E-state index is 0.0784. The van der Waals surface area contributed by atoms with Crippen LogP contribution in [0.3, 0.4) is 0 Å². The lowest BCUT2D eigenvalue weighted by atomic mass is 9.98. The summed E-state index contributed by atoms with van der Waals surface area (Å²) in [6.45, 7) is 2.01. The van der Waals surface area contributed by atoms with Crippen LogP contribution in [0.5, 0.6) is 0 Å². The standard InChI is InChI=1S/C21H24N8O/c22-10-14-9-15-11-25-21(28-19(15)29(20(14)30)16-3-1-2-4-16)27-17-12-24-18(26-17)13-5-7-23-8-6-13/h9,11-13,16,23H,1-8H2,(H,24,26)(H,25,27,28). The Labute approximate surface area is 173 Å². The lowest BCUT2D eigenvalue weighted by Gasteiger charge is -2.20. The Morgan fingerprint density at radius 3 is 2.70 bits per heavy atom. The van der Waals surface area contributed by atoms with Crippen LogP contribution in [0, 0.1) is 11.3 Å². The van der Waals surface area contributed by atoms with Crippen molar-refractivity contribution in [2.24, 2.45) is 0 Å². The molecule has 0 aromatic carbocycles. The van der Waals surface area contributed by atoms with Gasteiger partial charge >= 0.3 is 0 Å². The number of aromatic nitrogens is 5. The van der Waals surface area contributed by atoms with Crippen LogP contribution >= 0.6 is 0 Å². The highest BCUT2D eigenvalue weighted by Crippen LogP contribution is 2.31.